The molecule has 0 aliphatic carbocycles. The van der Waals surface area contributed by atoms with Crippen molar-refractivity contribution >= 4 is 47.5 Å². The number of para-hydroxylation sites is 1. The van der Waals surface area contributed by atoms with Crippen LogP contribution in [-0.4, -0.2) is 13.4 Å². The van der Waals surface area contributed by atoms with Gasteiger partial charge < -0.3 is 0 Å². The van der Waals surface area contributed by atoms with Gasteiger partial charge in [-0.15, -0.1) is 11.3 Å². The highest BCUT2D eigenvalue weighted by Crippen LogP contribution is 2.23. The Morgan fingerprint density at radius 1 is 1.23 bits per heavy atom. The third kappa shape index (κ3) is 3.22. The Kier molecular flexibility index (Phi) is 4.31. The number of aryl methyl sites for hydroxylation is 1. The van der Waals surface area contributed by atoms with Crippen LogP contribution in [0.1, 0.15) is 10.6 Å². The van der Waals surface area contributed by atoms with E-state index in [2.05, 4.69) is 25.6 Å². The van der Waals surface area contributed by atoms with Crippen LogP contribution in [0.2, 0.25) is 0 Å². The number of rotatable bonds is 4. The first-order chi connectivity index (χ1) is 10.5. The van der Waals surface area contributed by atoms with Gasteiger partial charge in [0, 0.05) is 4.47 Å². The second-order valence-corrected chi connectivity index (χ2v) is 8.55. The molecule has 0 saturated carbocycles. The normalized spacial score (nSPS) is 11.9. The second-order valence-electron chi connectivity index (χ2n) is 4.81. The van der Waals surface area contributed by atoms with Crippen molar-refractivity contribution in [1.82, 2.24) is 9.71 Å². The number of sulfonamides is 1. The molecule has 2 aromatic carbocycles. The fourth-order valence-electron chi connectivity index (χ4n) is 2.02. The van der Waals surface area contributed by atoms with Gasteiger partial charge in [-0.2, -0.15) is 0 Å². The average molecular weight is 397 g/mol. The highest BCUT2D eigenvalue weighted by atomic mass is 79.9. The van der Waals surface area contributed by atoms with E-state index in [1.807, 2.05) is 31.2 Å². The summed E-state index contributed by atoms with van der Waals surface area (Å²) in [6.07, 6.45) is 0. The molecule has 114 valence electrons. The fraction of sp³-hybridized carbons (Fsp3) is 0.133. The molecule has 0 radical (unpaired) electrons. The van der Waals surface area contributed by atoms with Crippen LogP contribution in [-0.2, 0) is 16.6 Å². The molecule has 0 atom stereocenters. The molecule has 1 aromatic heterocycles. The first kappa shape index (κ1) is 15.6. The van der Waals surface area contributed by atoms with Crippen molar-refractivity contribution in [2.45, 2.75) is 18.4 Å². The lowest BCUT2D eigenvalue weighted by Gasteiger charge is -2.07. The predicted octanol–water partition coefficient (Wildman–Crippen LogP) is 3.85. The van der Waals surface area contributed by atoms with Gasteiger partial charge in [-0.3, -0.25) is 0 Å². The van der Waals surface area contributed by atoms with E-state index in [1.165, 1.54) is 11.3 Å². The molecule has 0 spiro atoms. The highest BCUT2D eigenvalue weighted by Gasteiger charge is 2.15. The molecule has 0 bridgehead atoms. The van der Waals surface area contributed by atoms with Gasteiger partial charge in [0.25, 0.3) is 0 Å². The van der Waals surface area contributed by atoms with Crippen molar-refractivity contribution in [3.63, 3.8) is 0 Å². The standard InChI is InChI=1S/C15H13BrN2O2S2/c1-10-8-11(6-7-12(10)16)22(19,20)17-9-15-18-13-4-2-3-5-14(13)21-15/h2-8,17H,9H2,1H3. The summed E-state index contributed by atoms with van der Waals surface area (Å²) in [6.45, 7) is 2.05. The molecule has 0 aliphatic heterocycles. The maximum absolute atomic E-state index is 12.3. The summed E-state index contributed by atoms with van der Waals surface area (Å²) in [5.74, 6) is 0. The van der Waals surface area contributed by atoms with Crippen LogP contribution in [0.15, 0.2) is 51.8 Å². The Bertz CT molecular complexity index is 903. The third-order valence-corrected chi connectivity index (χ3v) is 6.52. The van der Waals surface area contributed by atoms with E-state index in [9.17, 15) is 8.42 Å². The summed E-state index contributed by atoms with van der Waals surface area (Å²) in [5, 5.41) is 0.749. The summed E-state index contributed by atoms with van der Waals surface area (Å²) in [5.41, 5.74) is 1.77. The van der Waals surface area contributed by atoms with Crippen molar-refractivity contribution in [3.05, 3.63) is 57.5 Å². The van der Waals surface area contributed by atoms with Crippen LogP contribution in [0.3, 0.4) is 0 Å². The van der Waals surface area contributed by atoms with Crippen molar-refractivity contribution < 1.29 is 8.42 Å². The topological polar surface area (TPSA) is 59.1 Å². The molecule has 0 saturated heterocycles. The summed E-state index contributed by atoms with van der Waals surface area (Å²) < 4.78 is 29.2. The lowest BCUT2D eigenvalue weighted by Crippen LogP contribution is -2.23. The van der Waals surface area contributed by atoms with Crippen LogP contribution >= 0.6 is 27.3 Å². The van der Waals surface area contributed by atoms with Crippen LogP contribution in [0.4, 0.5) is 0 Å². The number of nitrogens with zero attached hydrogens (tertiary/aromatic N) is 1. The first-order valence-electron chi connectivity index (χ1n) is 6.56. The van der Waals surface area contributed by atoms with E-state index in [0.29, 0.717) is 0 Å². The highest BCUT2D eigenvalue weighted by molar-refractivity contribution is 9.10. The number of halogens is 1. The smallest absolute Gasteiger partial charge is 0.240 e. The van der Waals surface area contributed by atoms with Gasteiger partial charge in [0.15, 0.2) is 0 Å². The van der Waals surface area contributed by atoms with E-state index in [-0.39, 0.29) is 11.4 Å². The van der Waals surface area contributed by atoms with Crippen molar-refractivity contribution in [2.24, 2.45) is 0 Å². The number of hydrogen-bond donors (Lipinski definition) is 1. The zero-order valence-electron chi connectivity index (χ0n) is 11.7. The van der Waals surface area contributed by atoms with Crippen LogP contribution < -0.4 is 4.72 Å². The minimum absolute atomic E-state index is 0.191. The van der Waals surface area contributed by atoms with Crippen LogP contribution in [0.25, 0.3) is 10.2 Å². The van der Waals surface area contributed by atoms with Gasteiger partial charge >= 0.3 is 0 Å². The lowest BCUT2D eigenvalue weighted by atomic mass is 10.2. The van der Waals surface area contributed by atoms with Gasteiger partial charge in [-0.1, -0.05) is 28.1 Å². The maximum Gasteiger partial charge on any atom is 0.240 e. The average Bonchev–Trinajstić information content (AvgIpc) is 2.91. The minimum atomic E-state index is -3.54. The Morgan fingerprint density at radius 3 is 2.73 bits per heavy atom. The molecule has 3 aromatic rings. The van der Waals surface area contributed by atoms with E-state index in [1.54, 1.807) is 18.2 Å². The molecule has 0 aliphatic rings. The van der Waals surface area contributed by atoms with Crippen molar-refractivity contribution in [3.8, 4) is 0 Å². The van der Waals surface area contributed by atoms with Crippen molar-refractivity contribution in [2.75, 3.05) is 0 Å². The molecule has 7 heteroatoms. The summed E-state index contributed by atoms with van der Waals surface area (Å²) in [4.78, 5) is 4.68. The van der Waals surface area contributed by atoms with E-state index >= 15 is 0 Å². The Labute approximate surface area is 141 Å². The zero-order chi connectivity index (χ0) is 15.7. The lowest BCUT2D eigenvalue weighted by molar-refractivity contribution is 0.581. The van der Waals surface area contributed by atoms with Crippen LogP contribution in [0, 0.1) is 6.92 Å². The van der Waals surface area contributed by atoms with E-state index in [0.717, 1.165) is 25.3 Å². The van der Waals surface area contributed by atoms with Crippen LogP contribution in [0.5, 0.6) is 0 Å². The maximum atomic E-state index is 12.3. The Balaban J connectivity index is 1.80. The molecule has 1 heterocycles. The molecule has 0 amide bonds. The monoisotopic (exact) mass is 396 g/mol. The van der Waals surface area contributed by atoms with Gasteiger partial charge in [-0.05, 0) is 42.8 Å². The largest absolute Gasteiger partial charge is 0.240 e. The number of nitrogens with one attached hydrogen (secondary N) is 1. The molecular weight excluding hydrogens is 384 g/mol. The molecule has 4 nitrogen and oxygen atoms in total. The molecule has 0 unspecified atom stereocenters. The van der Waals surface area contributed by atoms with Gasteiger partial charge in [0.2, 0.25) is 10.0 Å². The quantitative estimate of drug-likeness (QED) is 0.728. The summed E-state index contributed by atoms with van der Waals surface area (Å²) >= 11 is 4.86. The van der Waals surface area contributed by atoms with Gasteiger partial charge in [-0.25, -0.2) is 18.1 Å². The molecule has 1 N–H and O–H groups in total. The summed E-state index contributed by atoms with van der Waals surface area (Å²) in [6, 6.07) is 12.7. The number of benzene rings is 2. The fourth-order valence-corrected chi connectivity index (χ4v) is 4.34. The zero-order valence-corrected chi connectivity index (χ0v) is 14.9. The SMILES string of the molecule is Cc1cc(S(=O)(=O)NCc2nc3ccccc3s2)ccc1Br. The first-order valence-corrected chi connectivity index (χ1v) is 9.65. The Morgan fingerprint density at radius 2 is 2.00 bits per heavy atom. The van der Waals surface area contributed by atoms with E-state index < -0.39 is 10.0 Å². The van der Waals surface area contributed by atoms with E-state index in [4.69, 9.17) is 0 Å². The molecule has 3 rings (SSSR count). The second kappa shape index (κ2) is 6.08. The van der Waals surface area contributed by atoms with Gasteiger partial charge in [0.1, 0.15) is 5.01 Å². The number of fused-ring (bicyclic) bond motifs is 1. The molecule has 0 fully saturated rings. The number of aromatic nitrogens is 1. The summed E-state index contributed by atoms with van der Waals surface area (Å²) in [7, 11) is -3.54. The molecule has 22 heavy (non-hydrogen) atoms. The minimum Gasteiger partial charge on any atom is -0.240 e. The van der Waals surface area contributed by atoms with Gasteiger partial charge in [0.05, 0.1) is 21.7 Å². The number of hydrogen-bond acceptors (Lipinski definition) is 4. The Hall–Kier alpha value is -1.28. The predicted molar refractivity (Wildman–Crippen MR) is 92.5 cm³/mol. The van der Waals surface area contributed by atoms with Crippen molar-refractivity contribution in [1.29, 1.82) is 0 Å². The third-order valence-electron chi connectivity index (χ3n) is 3.19. The number of thiazole rings is 1. The molecular formula is C15H13BrN2O2S2.